The highest BCUT2D eigenvalue weighted by molar-refractivity contribution is 5.97. The van der Waals surface area contributed by atoms with Gasteiger partial charge in [-0.05, 0) is 50.6 Å². The van der Waals surface area contributed by atoms with Gasteiger partial charge < -0.3 is 10.2 Å². The van der Waals surface area contributed by atoms with Crippen molar-refractivity contribution < 1.29 is 19.8 Å². The maximum absolute atomic E-state index is 10.8. The van der Waals surface area contributed by atoms with Gasteiger partial charge in [0.2, 0.25) is 0 Å². The number of hydrogen-bond acceptors (Lipinski definition) is 4. The second-order valence-electron chi connectivity index (χ2n) is 4.65. The molecule has 21 heavy (non-hydrogen) atoms. The van der Waals surface area contributed by atoms with Gasteiger partial charge >= 0.3 is 0 Å². The quantitative estimate of drug-likeness (QED) is 0.829. The summed E-state index contributed by atoms with van der Waals surface area (Å²) in [6.45, 7) is 4.73. The molecule has 0 aliphatic heterocycles. The molecule has 0 aliphatic carbocycles. The molecule has 2 aromatic carbocycles. The smallest absolute Gasteiger partial charge is 0.163 e. The second kappa shape index (κ2) is 7.24. The van der Waals surface area contributed by atoms with Gasteiger partial charge in [0.25, 0.3) is 0 Å². The summed E-state index contributed by atoms with van der Waals surface area (Å²) in [6, 6.07) is 11.5. The molecule has 2 rings (SSSR count). The molecule has 4 nitrogen and oxygen atoms in total. The van der Waals surface area contributed by atoms with Gasteiger partial charge in [0, 0.05) is 0 Å². The minimum atomic E-state index is -0.113. The van der Waals surface area contributed by atoms with Crippen molar-refractivity contribution in [1.82, 2.24) is 0 Å². The number of Topliss-reactive ketones (excluding diaryl/α,β-unsaturated/α-hetero) is 2. The Bertz CT molecular complexity index is 660. The molecular formula is C17H18O4. The first kappa shape index (κ1) is 16.4. The lowest BCUT2D eigenvalue weighted by molar-refractivity contribution is 0.100. The monoisotopic (exact) mass is 286 g/mol. The van der Waals surface area contributed by atoms with E-state index in [9.17, 15) is 14.7 Å². The maximum atomic E-state index is 10.8. The number of aromatic hydroxyl groups is 2. The van der Waals surface area contributed by atoms with Crippen LogP contribution in [0.3, 0.4) is 0 Å². The van der Waals surface area contributed by atoms with Gasteiger partial charge in [0.1, 0.15) is 11.5 Å². The Morgan fingerprint density at radius 1 is 0.810 bits per heavy atom. The van der Waals surface area contributed by atoms with Crippen molar-refractivity contribution in [3.63, 3.8) is 0 Å². The predicted molar refractivity (Wildman–Crippen MR) is 81.0 cm³/mol. The van der Waals surface area contributed by atoms with Gasteiger partial charge in [-0.15, -0.1) is 0 Å². The fourth-order valence-electron chi connectivity index (χ4n) is 1.71. The first-order valence-electron chi connectivity index (χ1n) is 6.42. The van der Waals surface area contributed by atoms with Crippen LogP contribution in [0.2, 0.25) is 0 Å². The lowest BCUT2D eigenvalue weighted by Crippen LogP contribution is -1.92. The van der Waals surface area contributed by atoms with Crippen LogP contribution in [0.5, 0.6) is 11.5 Å². The average Bonchev–Trinajstić information content (AvgIpc) is 2.39. The summed E-state index contributed by atoms with van der Waals surface area (Å²) in [4.78, 5) is 21.5. The van der Waals surface area contributed by atoms with Crippen LogP contribution in [-0.2, 0) is 0 Å². The van der Waals surface area contributed by atoms with E-state index in [1.807, 2.05) is 6.92 Å². The largest absolute Gasteiger partial charge is 0.507 e. The number of benzene rings is 2. The molecule has 2 aromatic rings. The molecule has 0 radical (unpaired) electrons. The van der Waals surface area contributed by atoms with Gasteiger partial charge in [-0.3, -0.25) is 9.59 Å². The van der Waals surface area contributed by atoms with Crippen LogP contribution in [0.15, 0.2) is 42.5 Å². The summed E-state index contributed by atoms with van der Waals surface area (Å²) in [7, 11) is 0. The van der Waals surface area contributed by atoms with Crippen molar-refractivity contribution in [2.24, 2.45) is 0 Å². The molecule has 0 bridgehead atoms. The van der Waals surface area contributed by atoms with Crippen molar-refractivity contribution in [2.75, 3.05) is 0 Å². The average molecular weight is 286 g/mol. The Kier molecular flexibility index (Phi) is 5.67. The minimum Gasteiger partial charge on any atom is -0.507 e. The van der Waals surface area contributed by atoms with E-state index in [-0.39, 0.29) is 23.1 Å². The van der Waals surface area contributed by atoms with Crippen LogP contribution < -0.4 is 0 Å². The number of rotatable bonds is 2. The van der Waals surface area contributed by atoms with Gasteiger partial charge in [0.05, 0.1) is 11.1 Å². The molecule has 110 valence electrons. The summed E-state index contributed by atoms with van der Waals surface area (Å²) in [5.74, 6) is -0.104. The normalized spacial score (nSPS) is 9.48. The molecule has 0 unspecified atom stereocenters. The Morgan fingerprint density at radius 2 is 1.33 bits per heavy atom. The molecule has 0 amide bonds. The van der Waals surface area contributed by atoms with Crippen LogP contribution in [-0.4, -0.2) is 21.8 Å². The first-order chi connectivity index (χ1) is 9.82. The molecule has 0 atom stereocenters. The SMILES string of the molecule is CC(=O)c1ccc(C)cc1O.CC(=O)c1ccccc1O. The molecule has 0 saturated heterocycles. The van der Waals surface area contributed by atoms with Gasteiger partial charge in [-0.1, -0.05) is 18.2 Å². The number of carbonyl (C=O) groups is 2. The third-order valence-corrected chi connectivity index (χ3v) is 2.82. The molecule has 2 N–H and O–H groups in total. The fourth-order valence-corrected chi connectivity index (χ4v) is 1.71. The minimum absolute atomic E-state index is 0.0509. The van der Waals surface area contributed by atoms with E-state index in [2.05, 4.69) is 0 Å². The molecule has 0 aliphatic rings. The third kappa shape index (κ3) is 4.76. The van der Waals surface area contributed by atoms with E-state index in [4.69, 9.17) is 5.11 Å². The summed E-state index contributed by atoms with van der Waals surface area (Å²) in [5.41, 5.74) is 1.71. The first-order valence-corrected chi connectivity index (χ1v) is 6.42. The molecule has 0 heterocycles. The van der Waals surface area contributed by atoms with Crippen molar-refractivity contribution >= 4 is 11.6 Å². The van der Waals surface area contributed by atoms with E-state index in [1.54, 1.807) is 36.4 Å². The summed E-state index contributed by atoms with van der Waals surface area (Å²) in [5, 5.41) is 18.3. The number of phenols is 2. The Labute approximate surface area is 123 Å². The molecule has 0 spiro atoms. The predicted octanol–water partition coefficient (Wildman–Crippen LogP) is 3.50. The third-order valence-electron chi connectivity index (χ3n) is 2.82. The maximum Gasteiger partial charge on any atom is 0.163 e. The fraction of sp³-hybridized carbons (Fsp3) is 0.176. The lowest BCUT2D eigenvalue weighted by atomic mass is 10.1. The highest BCUT2D eigenvalue weighted by Crippen LogP contribution is 2.18. The summed E-state index contributed by atoms with van der Waals surface area (Å²) < 4.78 is 0. The van der Waals surface area contributed by atoms with Gasteiger partial charge in [-0.2, -0.15) is 0 Å². The van der Waals surface area contributed by atoms with Crippen molar-refractivity contribution in [3.8, 4) is 11.5 Å². The number of carbonyl (C=O) groups excluding carboxylic acids is 2. The topological polar surface area (TPSA) is 74.6 Å². The summed E-state index contributed by atoms with van der Waals surface area (Å²) in [6.07, 6.45) is 0. The van der Waals surface area contributed by atoms with Gasteiger partial charge in [0.15, 0.2) is 11.6 Å². The van der Waals surface area contributed by atoms with E-state index in [1.165, 1.54) is 19.9 Å². The highest BCUT2D eigenvalue weighted by atomic mass is 16.3. The van der Waals surface area contributed by atoms with E-state index in [0.717, 1.165) is 5.56 Å². The van der Waals surface area contributed by atoms with Crippen LogP contribution in [0, 0.1) is 6.92 Å². The second-order valence-corrected chi connectivity index (χ2v) is 4.65. The zero-order chi connectivity index (χ0) is 16.0. The number of aryl methyl sites for hydroxylation is 1. The lowest BCUT2D eigenvalue weighted by Gasteiger charge is -1.99. The van der Waals surface area contributed by atoms with Crippen LogP contribution in [0.4, 0.5) is 0 Å². The van der Waals surface area contributed by atoms with Crippen molar-refractivity contribution in [3.05, 3.63) is 59.2 Å². The zero-order valence-corrected chi connectivity index (χ0v) is 12.3. The molecule has 0 aromatic heterocycles. The van der Waals surface area contributed by atoms with Crippen LogP contribution in [0.25, 0.3) is 0 Å². The molecule has 0 fully saturated rings. The standard InChI is InChI=1S/C9H10O2.C8H8O2/c1-6-3-4-8(7(2)10)9(11)5-6;1-6(9)7-4-2-3-5-8(7)10/h3-5,11H,1-2H3;2-5,10H,1H3. The Morgan fingerprint density at radius 3 is 1.76 bits per heavy atom. The Hall–Kier alpha value is -2.62. The van der Waals surface area contributed by atoms with Gasteiger partial charge in [-0.25, -0.2) is 0 Å². The molecule has 0 saturated carbocycles. The number of para-hydroxylation sites is 1. The van der Waals surface area contributed by atoms with Crippen LogP contribution in [0.1, 0.15) is 40.1 Å². The number of phenolic OH excluding ortho intramolecular Hbond substituents is 2. The van der Waals surface area contributed by atoms with Crippen molar-refractivity contribution in [1.29, 1.82) is 0 Å². The van der Waals surface area contributed by atoms with Crippen molar-refractivity contribution in [2.45, 2.75) is 20.8 Å². The summed E-state index contributed by atoms with van der Waals surface area (Å²) >= 11 is 0. The Balaban J connectivity index is 0.000000211. The molecular weight excluding hydrogens is 268 g/mol. The van der Waals surface area contributed by atoms with E-state index in [0.29, 0.717) is 11.1 Å². The van der Waals surface area contributed by atoms with E-state index < -0.39 is 0 Å². The highest BCUT2D eigenvalue weighted by Gasteiger charge is 2.04. The van der Waals surface area contributed by atoms with Crippen LogP contribution >= 0.6 is 0 Å². The number of ketones is 2. The number of hydrogen-bond donors (Lipinski definition) is 2. The molecule has 4 heteroatoms. The van der Waals surface area contributed by atoms with E-state index >= 15 is 0 Å². The zero-order valence-electron chi connectivity index (χ0n) is 12.3.